The standard InChI is InChI=1S/C23H18N8O7/c24-21-19(27-29-23(33)15-4-2-6-17(12-15)31(36)37)18(20(38-21)13-7-9-25-10-8-13)26-28-22(32)14-3-1-5-16(11-14)30(34)35/h1-12,18,20,24,26H,(H,28,32)(H,29,33)/b24-21?,27-19+/t18-,20+/m0/s1. The minimum atomic E-state index is -0.988. The number of ether oxygens (including phenoxy) is 1. The fourth-order valence-corrected chi connectivity index (χ4v) is 3.53. The molecule has 1 fully saturated rings. The molecular formula is C23H18N8O7. The maximum atomic E-state index is 12.7. The summed E-state index contributed by atoms with van der Waals surface area (Å²) in [4.78, 5) is 49.9. The lowest BCUT2D eigenvalue weighted by Gasteiger charge is -2.19. The molecule has 1 saturated heterocycles. The van der Waals surface area contributed by atoms with Crippen LogP contribution in [-0.2, 0) is 4.74 Å². The van der Waals surface area contributed by atoms with Crippen LogP contribution in [-0.4, -0.2) is 44.3 Å². The second-order valence-corrected chi connectivity index (χ2v) is 7.78. The number of aromatic nitrogens is 1. The number of hydrazine groups is 1. The van der Waals surface area contributed by atoms with Gasteiger partial charge in [0.05, 0.1) is 9.85 Å². The van der Waals surface area contributed by atoms with Crippen molar-refractivity contribution in [3.63, 3.8) is 0 Å². The van der Waals surface area contributed by atoms with Crippen molar-refractivity contribution < 1.29 is 24.2 Å². The molecule has 0 saturated carbocycles. The Labute approximate surface area is 213 Å². The van der Waals surface area contributed by atoms with Gasteiger partial charge in [-0.05, 0) is 29.8 Å². The van der Waals surface area contributed by atoms with Crippen LogP contribution in [0.4, 0.5) is 11.4 Å². The summed E-state index contributed by atoms with van der Waals surface area (Å²) >= 11 is 0. The highest BCUT2D eigenvalue weighted by Crippen LogP contribution is 2.28. The van der Waals surface area contributed by atoms with E-state index in [2.05, 4.69) is 26.4 Å². The number of pyridine rings is 1. The molecule has 15 nitrogen and oxygen atoms in total. The van der Waals surface area contributed by atoms with Gasteiger partial charge in [0.25, 0.3) is 23.2 Å². The van der Waals surface area contributed by atoms with Crippen molar-refractivity contribution in [3.8, 4) is 0 Å². The molecule has 0 aliphatic carbocycles. The van der Waals surface area contributed by atoms with E-state index >= 15 is 0 Å². The van der Waals surface area contributed by atoms with E-state index in [1.807, 2.05) is 0 Å². The molecule has 2 heterocycles. The number of carbonyl (C=O) groups excluding carboxylic acids is 2. The summed E-state index contributed by atoms with van der Waals surface area (Å²) in [5.41, 5.74) is 7.26. The first kappa shape index (κ1) is 25.5. The second-order valence-electron chi connectivity index (χ2n) is 7.78. The highest BCUT2D eigenvalue weighted by atomic mass is 16.6. The lowest BCUT2D eigenvalue weighted by Crippen LogP contribution is -2.49. The van der Waals surface area contributed by atoms with Gasteiger partial charge in [0.15, 0.2) is 0 Å². The van der Waals surface area contributed by atoms with E-state index in [0.29, 0.717) is 5.56 Å². The van der Waals surface area contributed by atoms with Gasteiger partial charge in [0.1, 0.15) is 17.9 Å². The average molecular weight is 518 g/mol. The number of nitrogens with zero attached hydrogens (tertiary/aromatic N) is 4. The number of nitro benzene ring substituents is 2. The largest absolute Gasteiger partial charge is 0.466 e. The van der Waals surface area contributed by atoms with E-state index < -0.39 is 39.7 Å². The van der Waals surface area contributed by atoms with Crippen molar-refractivity contribution in [2.45, 2.75) is 12.1 Å². The molecule has 38 heavy (non-hydrogen) atoms. The fourth-order valence-electron chi connectivity index (χ4n) is 3.53. The lowest BCUT2D eigenvalue weighted by atomic mass is 10.0. The van der Waals surface area contributed by atoms with Crippen LogP contribution < -0.4 is 16.3 Å². The summed E-state index contributed by atoms with van der Waals surface area (Å²) in [5.74, 6) is -1.89. The number of nitro groups is 2. The molecule has 4 N–H and O–H groups in total. The average Bonchev–Trinajstić information content (AvgIpc) is 3.25. The maximum Gasteiger partial charge on any atom is 0.271 e. The highest BCUT2D eigenvalue weighted by Gasteiger charge is 2.41. The predicted octanol–water partition coefficient (Wildman–Crippen LogP) is 2.04. The number of benzene rings is 2. The van der Waals surface area contributed by atoms with Crippen LogP contribution in [0, 0.1) is 25.6 Å². The second kappa shape index (κ2) is 11.0. The number of hydrogen-bond acceptors (Lipinski definition) is 11. The van der Waals surface area contributed by atoms with E-state index in [4.69, 9.17) is 10.1 Å². The van der Waals surface area contributed by atoms with Crippen molar-refractivity contribution in [1.82, 2.24) is 21.3 Å². The van der Waals surface area contributed by atoms with Gasteiger partial charge in [0, 0.05) is 47.8 Å². The Balaban J connectivity index is 1.57. The van der Waals surface area contributed by atoms with Gasteiger partial charge >= 0.3 is 0 Å². The third kappa shape index (κ3) is 5.63. The zero-order chi connectivity index (χ0) is 27.2. The van der Waals surface area contributed by atoms with Crippen molar-refractivity contribution in [2.75, 3.05) is 0 Å². The monoisotopic (exact) mass is 518 g/mol. The van der Waals surface area contributed by atoms with E-state index in [0.717, 1.165) is 12.1 Å². The van der Waals surface area contributed by atoms with Crippen LogP contribution >= 0.6 is 0 Å². The number of rotatable bonds is 8. The topological polar surface area (TPSA) is 215 Å². The Bertz CT molecular complexity index is 1460. The SMILES string of the molecule is N=C1O[C@H](c2ccncc2)[C@@H](NNC(=O)c2cccc([N+](=O)[O-])c2)/C1=N\NC(=O)c1cccc([N+](=O)[O-])c1. The van der Waals surface area contributed by atoms with Gasteiger partial charge < -0.3 is 4.74 Å². The number of amides is 2. The Kier molecular flexibility index (Phi) is 7.39. The summed E-state index contributed by atoms with van der Waals surface area (Å²) in [6, 6.07) is 12.3. The van der Waals surface area contributed by atoms with E-state index in [1.54, 1.807) is 12.1 Å². The summed E-state index contributed by atoms with van der Waals surface area (Å²) in [6.45, 7) is 0. The van der Waals surface area contributed by atoms with Crippen LogP contribution in [0.3, 0.4) is 0 Å². The molecule has 1 aliphatic rings. The predicted molar refractivity (Wildman–Crippen MR) is 131 cm³/mol. The van der Waals surface area contributed by atoms with Crippen molar-refractivity contribution in [1.29, 1.82) is 5.41 Å². The van der Waals surface area contributed by atoms with Crippen LogP contribution in [0.1, 0.15) is 32.4 Å². The van der Waals surface area contributed by atoms with E-state index in [9.17, 15) is 29.8 Å². The van der Waals surface area contributed by atoms with Gasteiger partial charge in [-0.25, -0.2) is 10.9 Å². The molecule has 2 aromatic carbocycles. The van der Waals surface area contributed by atoms with E-state index in [1.165, 1.54) is 48.8 Å². The first-order valence-corrected chi connectivity index (χ1v) is 10.8. The normalized spacial score (nSPS) is 17.5. The molecule has 15 heteroatoms. The Morgan fingerprint density at radius 1 is 0.921 bits per heavy atom. The minimum absolute atomic E-state index is 0.00128. The summed E-state index contributed by atoms with van der Waals surface area (Å²) < 4.78 is 5.63. The van der Waals surface area contributed by atoms with Crippen LogP contribution in [0.5, 0.6) is 0 Å². The minimum Gasteiger partial charge on any atom is -0.466 e. The number of hydrogen-bond donors (Lipinski definition) is 4. The molecule has 1 aromatic heterocycles. The molecule has 1 aliphatic heterocycles. The zero-order valence-electron chi connectivity index (χ0n) is 19.2. The van der Waals surface area contributed by atoms with Gasteiger partial charge in [-0.1, -0.05) is 12.1 Å². The van der Waals surface area contributed by atoms with Crippen molar-refractivity contribution in [3.05, 3.63) is 110 Å². The lowest BCUT2D eigenvalue weighted by molar-refractivity contribution is -0.385. The Morgan fingerprint density at radius 2 is 1.50 bits per heavy atom. The number of nitrogens with one attached hydrogen (secondary N) is 4. The maximum absolute atomic E-state index is 12.7. The number of carbonyl (C=O) groups is 2. The molecule has 2 atom stereocenters. The molecule has 192 valence electrons. The van der Waals surface area contributed by atoms with Crippen molar-refractivity contribution >= 4 is 34.8 Å². The molecule has 4 rings (SSSR count). The zero-order valence-corrected chi connectivity index (χ0v) is 19.2. The van der Waals surface area contributed by atoms with E-state index in [-0.39, 0.29) is 28.2 Å². The summed E-state index contributed by atoms with van der Waals surface area (Å²) in [7, 11) is 0. The molecule has 0 unspecified atom stereocenters. The number of hydrazone groups is 1. The highest BCUT2D eigenvalue weighted by molar-refractivity contribution is 6.41. The fraction of sp³-hybridized carbons (Fsp3) is 0.0870. The first-order chi connectivity index (χ1) is 18.2. The Hall–Kier alpha value is -5.57. The quantitative estimate of drug-likeness (QED) is 0.253. The van der Waals surface area contributed by atoms with Crippen LogP contribution in [0.25, 0.3) is 0 Å². The van der Waals surface area contributed by atoms with Crippen LogP contribution in [0.15, 0.2) is 78.2 Å². The van der Waals surface area contributed by atoms with Gasteiger partial charge in [-0.15, -0.1) is 0 Å². The smallest absolute Gasteiger partial charge is 0.271 e. The third-order valence-electron chi connectivity index (χ3n) is 5.37. The number of non-ortho nitro benzene ring substituents is 2. The summed E-state index contributed by atoms with van der Waals surface area (Å²) in [5, 5.41) is 34.3. The van der Waals surface area contributed by atoms with Gasteiger partial charge in [0.2, 0.25) is 5.90 Å². The van der Waals surface area contributed by atoms with Crippen LogP contribution in [0.2, 0.25) is 0 Å². The third-order valence-corrected chi connectivity index (χ3v) is 5.37. The molecular weight excluding hydrogens is 500 g/mol. The molecule has 0 spiro atoms. The molecule has 3 aromatic rings. The summed E-state index contributed by atoms with van der Waals surface area (Å²) in [6.07, 6.45) is 2.13. The molecule has 2 amide bonds. The Morgan fingerprint density at radius 3 is 2.08 bits per heavy atom. The first-order valence-electron chi connectivity index (χ1n) is 10.8. The van der Waals surface area contributed by atoms with Gasteiger partial charge in [-0.2, -0.15) is 5.10 Å². The van der Waals surface area contributed by atoms with Gasteiger partial charge in [-0.3, -0.25) is 45.6 Å². The molecule has 0 bridgehead atoms. The molecule has 0 radical (unpaired) electrons. The van der Waals surface area contributed by atoms with Crippen molar-refractivity contribution in [2.24, 2.45) is 5.10 Å².